The van der Waals surface area contributed by atoms with E-state index in [0.717, 1.165) is 9.48 Å². The zero-order valence-electron chi connectivity index (χ0n) is 28.4. The zero-order valence-corrected chi connectivity index (χ0v) is 30.7. The number of carbonyl (C=O) groups excluding carboxylic acids is 4. The molecule has 4 aliphatic rings. The Bertz CT molecular complexity index is 2220. The van der Waals surface area contributed by atoms with Crippen molar-refractivity contribution in [2.45, 2.75) is 24.2 Å². The maximum atomic E-state index is 15.4. The van der Waals surface area contributed by atoms with E-state index >= 15 is 4.79 Å². The molecule has 2 heterocycles. The van der Waals surface area contributed by atoms with E-state index in [1.807, 2.05) is 6.08 Å². The Balaban J connectivity index is 1.36. The van der Waals surface area contributed by atoms with Crippen molar-refractivity contribution in [2.24, 2.45) is 23.7 Å². The summed E-state index contributed by atoms with van der Waals surface area (Å²) in [6.45, 7) is 0. The van der Waals surface area contributed by atoms with E-state index in [4.69, 9.17) is 21.1 Å². The van der Waals surface area contributed by atoms with Crippen LogP contribution in [0.25, 0.3) is 0 Å². The van der Waals surface area contributed by atoms with Gasteiger partial charge in [-0.05, 0) is 85.0 Å². The van der Waals surface area contributed by atoms with Crippen molar-refractivity contribution in [1.82, 2.24) is 5.01 Å². The number of methoxy groups -OCH3 is 2. The van der Waals surface area contributed by atoms with Gasteiger partial charge in [-0.15, -0.1) is 0 Å². The largest absolute Gasteiger partial charge is 0.507 e. The molecule has 8 rings (SSSR count). The standard InChI is InChI=1S/C40H32BrClFN3O7/c1-52-26-17-31(47)34(32(18-26)53-2)35-27-15-16-28-33(38(50)45(36(28)48)25-13-5-21(41)6-14-25)29(27)19-30-37(49)46(44-24-11-9-23(43)10-12-24)39(51)40(30,35)20-3-7-22(42)8-4-20/h3-15,17-18,28-30,33,35,44,47H,16,19H2,1-2H3. The fourth-order valence-electron chi connectivity index (χ4n) is 8.98. The highest BCUT2D eigenvalue weighted by Gasteiger charge is 2.71. The number of phenolic OH excluding ortho intramolecular Hbond substituents is 1. The Kier molecular flexibility index (Phi) is 8.57. The molecule has 2 N–H and O–H groups in total. The number of phenols is 1. The summed E-state index contributed by atoms with van der Waals surface area (Å²) < 4.78 is 26.0. The molecule has 0 aromatic heterocycles. The number of amides is 4. The van der Waals surface area contributed by atoms with E-state index in [9.17, 15) is 23.9 Å². The van der Waals surface area contributed by atoms with Crippen LogP contribution in [0, 0.1) is 29.5 Å². The summed E-state index contributed by atoms with van der Waals surface area (Å²) in [4.78, 5) is 60.0. The Morgan fingerprint density at radius 3 is 2.25 bits per heavy atom. The highest BCUT2D eigenvalue weighted by atomic mass is 79.9. The van der Waals surface area contributed by atoms with Gasteiger partial charge >= 0.3 is 0 Å². The molecule has 0 bridgehead atoms. The Morgan fingerprint density at radius 2 is 1.58 bits per heavy atom. The molecule has 0 radical (unpaired) electrons. The van der Waals surface area contributed by atoms with Crippen LogP contribution in [-0.2, 0) is 24.6 Å². The molecule has 4 aromatic rings. The highest BCUT2D eigenvalue weighted by molar-refractivity contribution is 9.10. The molecule has 1 saturated carbocycles. The minimum atomic E-state index is -1.71. The molecule has 6 unspecified atom stereocenters. The molecule has 6 atom stereocenters. The number of benzene rings is 4. The number of allylic oxidation sites excluding steroid dienone is 2. The second-order valence-electron chi connectivity index (χ2n) is 13.6. The third kappa shape index (κ3) is 5.25. The second kappa shape index (κ2) is 13.0. The summed E-state index contributed by atoms with van der Waals surface area (Å²) in [6, 6.07) is 21.8. The van der Waals surface area contributed by atoms with Crippen LogP contribution in [0.3, 0.4) is 0 Å². The number of imide groups is 2. The minimum absolute atomic E-state index is 0.0325. The number of hydrogen-bond donors (Lipinski definition) is 2. The average Bonchev–Trinajstić information content (AvgIpc) is 3.53. The lowest BCUT2D eigenvalue weighted by Crippen LogP contribution is -2.53. The van der Waals surface area contributed by atoms with Gasteiger partial charge in [-0.1, -0.05) is 51.3 Å². The van der Waals surface area contributed by atoms with Crippen molar-refractivity contribution in [3.8, 4) is 17.2 Å². The van der Waals surface area contributed by atoms with Crippen LogP contribution in [0.15, 0.2) is 101 Å². The number of ether oxygens (including phenoxy) is 2. The number of aromatic hydroxyl groups is 1. The van der Waals surface area contributed by atoms with Crippen LogP contribution < -0.4 is 19.8 Å². The molecule has 4 amide bonds. The Morgan fingerprint density at radius 1 is 0.887 bits per heavy atom. The Labute approximate surface area is 317 Å². The van der Waals surface area contributed by atoms with E-state index in [1.54, 1.807) is 54.6 Å². The van der Waals surface area contributed by atoms with Crippen molar-refractivity contribution < 1.29 is 38.1 Å². The van der Waals surface area contributed by atoms with Gasteiger partial charge in [-0.2, -0.15) is 5.01 Å². The number of hydrazine groups is 1. The molecule has 2 aliphatic heterocycles. The van der Waals surface area contributed by atoms with Crippen molar-refractivity contribution in [3.63, 3.8) is 0 Å². The molecule has 270 valence electrons. The number of anilines is 2. The SMILES string of the molecule is COc1cc(O)c(C2C3=CCC4C(=O)N(c5ccc(Br)cc5)C(=O)C4C3CC3C(=O)N(Nc4ccc(F)cc4)C(=O)C32c2ccc(Cl)cc2)c(OC)c1. The van der Waals surface area contributed by atoms with Crippen LogP contribution in [0.5, 0.6) is 17.2 Å². The number of halogens is 3. The molecule has 2 aliphatic carbocycles. The lowest BCUT2D eigenvalue weighted by Gasteiger charge is -2.50. The molecular weight excluding hydrogens is 769 g/mol. The molecule has 2 saturated heterocycles. The monoisotopic (exact) mass is 799 g/mol. The fraction of sp³-hybridized carbons (Fsp3) is 0.250. The van der Waals surface area contributed by atoms with Gasteiger partial charge < -0.3 is 14.6 Å². The van der Waals surface area contributed by atoms with E-state index in [0.29, 0.717) is 27.6 Å². The quantitative estimate of drug-likeness (QED) is 0.149. The number of hydrogen-bond acceptors (Lipinski definition) is 8. The third-order valence-corrected chi connectivity index (χ3v) is 12.0. The molecule has 4 aromatic carbocycles. The minimum Gasteiger partial charge on any atom is -0.507 e. The van der Waals surface area contributed by atoms with E-state index in [2.05, 4.69) is 21.4 Å². The lowest BCUT2D eigenvalue weighted by atomic mass is 9.49. The van der Waals surface area contributed by atoms with Gasteiger partial charge in [-0.25, -0.2) is 4.39 Å². The second-order valence-corrected chi connectivity index (χ2v) is 15.0. The van der Waals surface area contributed by atoms with Crippen molar-refractivity contribution in [3.05, 3.63) is 123 Å². The molecule has 0 spiro atoms. The van der Waals surface area contributed by atoms with Crippen LogP contribution in [0.4, 0.5) is 15.8 Å². The molecule has 13 heteroatoms. The maximum absolute atomic E-state index is 15.4. The maximum Gasteiger partial charge on any atom is 0.260 e. The molecule has 10 nitrogen and oxygen atoms in total. The summed E-state index contributed by atoms with van der Waals surface area (Å²) in [5, 5.41) is 13.2. The number of nitrogens with zero attached hydrogens (tertiary/aromatic N) is 2. The van der Waals surface area contributed by atoms with Gasteiger partial charge in [0.15, 0.2) is 0 Å². The first-order valence-corrected chi connectivity index (χ1v) is 18.1. The van der Waals surface area contributed by atoms with Gasteiger partial charge in [0, 0.05) is 33.1 Å². The summed E-state index contributed by atoms with van der Waals surface area (Å²) in [7, 11) is 2.87. The number of carbonyl (C=O) groups is 4. The van der Waals surface area contributed by atoms with Crippen LogP contribution in [0.1, 0.15) is 29.9 Å². The topological polar surface area (TPSA) is 125 Å². The number of rotatable bonds is 7. The van der Waals surface area contributed by atoms with Gasteiger partial charge in [0.2, 0.25) is 11.8 Å². The van der Waals surface area contributed by atoms with E-state index in [-0.39, 0.29) is 41.5 Å². The fourth-order valence-corrected chi connectivity index (χ4v) is 9.37. The van der Waals surface area contributed by atoms with Gasteiger partial charge in [0.1, 0.15) is 23.1 Å². The molecule has 3 fully saturated rings. The molecule has 53 heavy (non-hydrogen) atoms. The third-order valence-electron chi connectivity index (χ3n) is 11.2. The van der Waals surface area contributed by atoms with Crippen LogP contribution in [-0.4, -0.2) is 48.0 Å². The highest BCUT2D eigenvalue weighted by Crippen LogP contribution is 2.66. The van der Waals surface area contributed by atoms with Gasteiger partial charge in [0.05, 0.1) is 48.8 Å². The number of fused-ring (bicyclic) bond motifs is 4. The summed E-state index contributed by atoms with van der Waals surface area (Å²) in [5.74, 6) is -6.67. The van der Waals surface area contributed by atoms with Crippen molar-refractivity contribution >= 4 is 62.5 Å². The van der Waals surface area contributed by atoms with Crippen molar-refractivity contribution in [1.29, 1.82) is 0 Å². The first-order valence-electron chi connectivity index (χ1n) is 16.9. The summed E-state index contributed by atoms with van der Waals surface area (Å²) in [5.41, 5.74) is 3.21. The normalized spacial score (nSPS) is 26.2. The lowest BCUT2D eigenvalue weighted by molar-refractivity contribution is -0.138. The Hall–Kier alpha value is -5.20. The smallest absolute Gasteiger partial charge is 0.260 e. The zero-order chi connectivity index (χ0) is 37.3. The van der Waals surface area contributed by atoms with Gasteiger partial charge in [0.25, 0.3) is 11.8 Å². The van der Waals surface area contributed by atoms with E-state index in [1.165, 1.54) is 49.5 Å². The summed E-state index contributed by atoms with van der Waals surface area (Å²) in [6.07, 6.45) is 2.10. The average molecular weight is 801 g/mol. The predicted octanol–water partition coefficient (Wildman–Crippen LogP) is 7.15. The number of nitrogens with one attached hydrogen (secondary N) is 1. The molecular formula is C40H32BrClFN3O7. The summed E-state index contributed by atoms with van der Waals surface area (Å²) >= 11 is 9.78. The first-order chi connectivity index (χ1) is 25.5. The first kappa shape index (κ1) is 34.9. The van der Waals surface area contributed by atoms with Crippen LogP contribution >= 0.6 is 27.5 Å². The van der Waals surface area contributed by atoms with Crippen molar-refractivity contribution in [2.75, 3.05) is 24.5 Å². The van der Waals surface area contributed by atoms with Gasteiger partial charge in [-0.3, -0.25) is 29.5 Å². The van der Waals surface area contributed by atoms with Crippen LogP contribution in [0.2, 0.25) is 5.02 Å². The predicted molar refractivity (Wildman–Crippen MR) is 197 cm³/mol. The van der Waals surface area contributed by atoms with E-state index < -0.39 is 58.5 Å².